The van der Waals surface area contributed by atoms with Gasteiger partial charge in [0.25, 0.3) is 0 Å². The van der Waals surface area contributed by atoms with Gasteiger partial charge in [0.2, 0.25) is 0 Å². The van der Waals surface area contributed by atoms with Gasteiger partial charge in [-0.1, -0.05) is 74.0 Å². The quantitative estimate of drug-likeness (QED) is 0.217. The lowest BCUT2D eigenvalue weighted by Gasteiger charge is -2.16. The van der Waals surface area contributed by atoms with Gasteiger partial charge in [0.15, 0.2) is 0 Å². The maximum Gasteiger partial charge on any atom is 0.147 e. The number of rotatable bonds is 9. The van der Waals surface area contributed by atoms with Gasteiger partial charge in [-0.15, -0.1) is 0 Å². The van der Waals surface area contributed by atoms with E-state index in [-0.39, 0.29) is 23.6 Å². The summed E-state index contributed by atoms with van der Waals surface area (Å²) in [5.74, 6) is 0.216. The third-order valence-corrected chi connectivity index (χ3v) is 7.41. The van der Waals surface area contributed by atoms with Gasteiger partial charge in [-0.2, -0.15) is 5.26 Å². The molecule has 0 aromatic heterocycles. The van der Waals surface area contributed by atoms with Crippen molar-refractivity contribution in [3.05, 3.63) is 112 Å². The fraction of sp³-hybridized carbons (Fsp3) is 0.250. The van der Waals surface area contributed by atoms with E-state index in [2.05, 4.69) is 74.7 Å². The van der Waals surface area contributed by atoms with Crippen LogP contribution in [0.2, 0.25) is 5.02 Å². The first-order valence-corrected chi connectivity index (χ1v) is 12.8. The predicted octanol–water partition coefficient (Wildman–Crippen LogP) is 8.49. The molecule has 2 atom stereocenters. The van der Waals surface area contributed by atoms with Gasteiger partial charge in [-0.3, -0.25) is 4.99 Å². The minimum atomic E-state index is -0.459. The Hall–Kier alpha value is -3.88. The van der Waals surface area contributed by atoms with Crippen molar-refractivity contribution in [2.75, 3.05) is 17.2 Å². The first kappa shape index (κ1) is 27.2. The summed E-state index contributed by atoms with van der Waals surface area (Å²) in [5.41, 5.74) is 7.72. The van der Waals surface area contributed by atoms with Gasteiger partial charge >= 0.3 is 0 Å². The standard InChI is InChI=1S/C32H32ClFN4/c1-19-13-20(2)15-24(14-19)31-30(32(31,5)6)22(4)37-25-8-9-27(33)26(17-25)21(3)38-29-10-7-23(16-28(29)34)18-36-12-11-35/h7-10,13-18,30-31,37-38H,3-4,12H2,1-2,5-6H3. The largest absolute Gasteiger partial charge is 0.359 e. The molecule has 1 saturated carbocycles. The average Bonchev–Trinajstić information content (AvgIpc) is 3.43. The number of hydrogen-bond acceptors (Lipinski definition) is 4. The minimum absolute atomic E-state index is 0.0260. The van der Waals surface area contributed by atoms with Crippen LogP contribution < -0.4 is 10.6 Å². The number of anilines is 2. The highest BCUT2D eigenvalue weighted by molar-refractivity contribution is 6.32. The zero-order valence-electron chi connectivity index (χ0n) is 22.2. The van der Waals surface area contributed by atoms with Crippen molar-refractivity contribution >= 4 is 34.9 Å². The second-order valence-corrected chi connectivity index (χ2v) is 10.9. The number of hydrogen-bond donors (Lipinski definition) is 2. The molecule has 1 aliphatic rings. The molecule has 4 rings (SSSR count). The molecule has 0 radical (unpaired) electrons. The van der Waals surface area contributed by atoms with Gasteiger partial charge in [-0.05, 0) is 66.6 Å². The Balaban J connectivity index is 1.48. The summed E-state index contributed by atoms with van der Waals surface area (Å²) < 4.78 is 14.7. The van der Waals surface area contributed by atoms with Crippen LogP contribution in [-0.2, 0) is 0 Å². The third-order valence-electron chi connectivity index (χ3n) is 7.08. The van der Waals surface area contributed by atoms with Crippen molar-refractivity contribution in [3.8, 4) is 6.07 Å². The molecule has 0 spiro atoms. The molecule has 2 N–H and O–H groups in total. The van der Waals surface area contributed by atoms with E-state index in [9.17, 15) is 4.39 Å². The summed E-state index contributed by atoms with van der Waals surface area (Å²) in [6, 6.07) is 18.9. The van der Waals surface area contributed by atoms with E-state index in [4.69, 9.17) is 16.9 Å². The van der Waals surface area contributed by atoms with Crippen molar-refractivity contribution in [3.63, 3.8) is 0 Å². The van der Waals surface area contributed by atoms with Crippen LogP contribution in [0.1, 0.15) is 47.6 Å². The SMILES string of the molecule is C=C(Nc1ccc(C=NCC#N)cc1F)c1cc(NC(=C)C2C(c3cc(C)cc(C)c3)C2(C)C)ccc1Cl. The number of halogens is 2. The van der Waals surface area contributed by atoms with E-state index in [1.165, 1.54) is 29.0 Å². The van der Waals surface area contributed by atoms with Crippen molar-refractivity contribution in [1.29, 1.82) is 5.26 Å². The number of benzene rings is 3. The van der Waals surface area contributed by atoms with Crippen molar-refractivity contribution in [1.82, 2.24) is 0 Å². The van der Waals surface area contributed by atoms with Crippen molar-refractivity contribution in [2.45, 2.75) is 33.6 Å². The maximum atomic E-state index is 14.7. The molecule has 0 bridgehead atoms. The van der Waals surface area contributed by atoms with Crippen LogP contribution >= 0.6 is 11.6 Å². The highest BCUT2D eigenvalue weighted by Crippen LogP contribution is 2.67. The number of allylic oxidation sites excluding steroid dienone is 1. The van der Waals surface area contributed by atoms with Crippen LogP contribution in [0.3, 0.4) is 0 Å². The molecule has 1 fully saturated rings. The molecule has 194 valence electrons. The van der Waals surface area contributed by atoms with Gasteiger partial charge in [-0.25, -0.2) is 4.39 Å². The zero-order chi connectivity index (χ0) is 27.6. The Kier molecular flexibility index (Phi) is 7.76. The van der Waals surface area contributed by atoms with Gasteiger partial charge in [0.05, 0.1) is 16.8 Å². The monoisotopic (exact) mass is 526 g/mol. The molecule has 2 unspecified atom stereocenters. The highest BCUT2D eigenvalue weighted by Gasteiger charge is 2.59. The van der Waals surface area contributed by atoms with Crippen molar-refractivity contribution < 1.29 is 4.39 Å². The maximum absolute atomic E-state index is 14.7. The smallest absolute Gasteiger partial charge is 0.147 e. The van der Waals surface area contributed by atoms with Crippen LogP contribution in [0.4, 0.5) is 15.8 Å². The summed E-state index contributed by atoms with van der Waals surface area (Å²) in [5, 5.41) is 15.6. The topological polar surface area (TPSA) is 60.2 Å². The molecule has 6 heteroatoms. The zero-order valence-corrected chi connectivity index (χ0v) is 23.0. The summed E-state index contributed by atoms with van der Waals surface area (Å²) in [4.78, 5) is 3.92. The molecule has 0 aliphatic heterocycles. The van der Waals surface area contributed by atoms with E-state index in [1.54, 1.807) is 18.2 Å². The molecular formula is C32H32ClFN4. The molecule has 0 heterocycles. The Morgan fingerprint density at radius 1 is 1.08 bits per heavy atom. The Labute approximate surface area is 229 Å². The summed E-state index contributed by atoms with van der Waals surface area (Å²) in [7, 11) is 0. The number of nitrogens with zero attached hydrogens (tertiary/aromatic N) is 2. The molecule has 0 saturated heterocycles. The highest BCUT2D eigenvalue weighted by atomic mass is 35.5. The Morgan fingerprint density at radius 2 is 1.79 bits per heavy atom. The molecule has 4 nitrogen and oxygen atoms in total. The van der Waals surface area contributed by atoms with E-state index >= 15 is 0 Å². The average molecular weight is 527 g/mol. The van der Waals surface area contributed by atoms with E-state index in [1.807, 2.05) is 18.2 Å². The number of nitrogens with one attached hydrogen (secondary N) is 2. The predicted molar refractivity (Wildman–Crippen MR) is 157 cm³/mol. The second kappa shape index (κ2) is 10.8. The Morgan fingerprint density at radius 3 is 2.45 bits per heavy atom. The second-order valence-electron chi connectivity index (χ2n) is 10.5. The summed E-state index contributed by atoms with van der Waals surface area (Å²) in [6.45, 7) is 17.3. The number of aliphatic imine (C=N–C) groups is 1. The van der Waals surface area contributed by atoms with E-state index < -0.39 is 5.82 Å². The van der Waals surface area contributed by atoms with Crippen LogP contribution in [0.25, 0.3) is 5.70 Å². The van der Waals surface area contributed by atoms with E-state index in [0.29, 0.717) is 27.8 Å². The van der Waals surface area contributed by atoms with Gasteiger partial charge in [0, 0.05) is 34.8 Å². The fourth-order valence-electron chi connectivity index (χ4n) is 5.33. The minimum Gasteiger partial charge on any atom is -0.359 e. The lowest BCUT2D eigenvalue weighted by molar-refractivity contribution is 0.585. The first-order valence-electron chi connectivity index (χ1n) is 12.5. The van der Waals surface area contributed by atoms with Gasteiger partial charge < -0.3 is 10.6 Å². The van der Waals surface area contributed by atoms with E-state index in [0.717, 1.165) is 11.4 Å². The summed E-state index contributed by atoms with van der Waals surface area (Å²) >= 11 is 6.49. The molecule has 38 heavy (non-hydrogen) atoms. The first-order chi connectivity index (χ1) is 18.0. The Bertz CT molecular complexity index is 1460. The molecule has 3 aromatic rings. The van der Waals surface area contributed by atoms with Crippen LogP contribution in [-0.4, -0.2) is 12.8 Å². The van der Waals surface area contributed by atoms with Crippen molar-refractivity contribution in [2.24, 2.45) is 16.3 Å². The fourth-order valence-corrected chi connectivity index (χ4v) is 5.56. The van der Waals surface area contributed by atoms with Gasteiger partial charge in [0.1, 0.15) is 12.4 Å². The molecular weight excluding hydrogens is 495 g/mol. The summed E-state index contributed by atoms with van der Waals surface area (Å²) in [6.07, 6.45) is 1.47. The lowest BCUT2D eigenvalue weighted by atomic mass is 9.99. The van der Waals surface area contributed by atoms with Crippen LogP contribution in [0, 0.1) is 42.3 Å². The number of aryl methyl sites for hydroxylation is 2. The van der Waals surface area contributed by atoms with Crippen LogP contribution in [0.15, 0.2) is 78.4 Å². The molecule has 0 amide bonds. The molecule has 3 aromatic carbocycles. The third kappa shape index (κ3) is 5.82. The number of nitriles is 1. The van der Waals surface area contributed by atoms with Crippen LogP contribution in [0.5, 0.6) is 0 Å². The molecule has 1 aliphatic carbocycles. The normalized spacial score (nSPS) is 17.6. The lowest BCUT2D eigenvalue weighted by Crippen LogP contribution is -2.05.